The van der Waals surface area contributed by atoms with Crippen molar-refractivity contribution in [3.05, 3.63) is 29.2 Å². The monoisotopic (exact) mass is 270 g/mol. The molecule has 2 aliphatic rings. The maximum Gasteiger partial charge on any atom is 0.225 e. The fourth-order valence-electron chi connectivity index (χ4n) is 3.16. The Balaban J connectivity index is 1.65. The molecule has 104 valence electrons. The molecule has 20 heavy (non-hydrogen) atoms. The van der Waals surface area contributed by atoms with E-state index in [-0.39, 0.29) is 5.92 Å². The standard InChI is InChI=1S/C15H18N4O/c1-10-7-14-16-8-12-9-18(15(20)11-3-2-4-11)6-5-13(12)19(14)17-10/h7-8,11H,2-6,9H2,1H3. The molecule has 2 aromatic heterocycles. The maximum atomic E-state index is 12.3. The summed E-state index contributed by atoms with van der Waals surface area (Å²) >= 11 is 0. The fraction of sp³-hybridized carbons (Fsp3) is 0.533. The molecule has 0 unspecified atom stereocenters. The number of amides is 1. The van der Waals surface area contributed by atoms with Crippen LogP contribution in [0.2, 0.25) is 0 Å². The van der Waals surface area contributed by atoms with E-state index in [0.29, 0.717) is 12.5 Å². The van der Waals surface area contributed by atoms with Crippen LogP contribution in [0.25, 0.3) is 5.65 Å². The van der Waals surface area contributed by atoms with Gasteiger partial charge in [0.15, 0.2) is 5.65 Å². The van der Waals surface area contributed by atoms with E-state index in [1.807, 2.05) is 28.6 Å². The first-order valence-electron chi connectivity index (χ1n) is 7.34. The number of hydrogen-bond acceptors (Lipinski definition) is 3. The van der Waals surface area contributed by atoms with Gasteiger partial charge in [0, 0.05) is 43.3 Å². The minimum absolute atomic E-state index is 0.278. The van der Waals surface area contributed by atoms with Gasteiger partial charge in [0.1, 0.15) is 0 Å². The molecule has 4 rings (SSSR count). The zero-order chi connectivity index (χ0) is 13.7. The maximum absolute atomic E-state index is 12.3. The molecule has 1 amide bonds. The van der Waals surface area contributed by atoms with Gasteiger partial charge in [-0.15, -0.1) is 0 Å². The van der Waals surface area contributed by atoms with Gasteiger partial charge in [0.25, 0.3) is 0 Å². The van der Waals surface area contributed by atoms with Gasteiger partial charge in [-0.2, -0.15) is 5.10 Å². The second-order valence-corrected chi connectivity index (χ2v) is 5.92. The van der Waals surface area contributed by atoms with Gasteiger partial charge in [0.05, 0.1) is 11.4 Å². The number of aromatic nitrogens is 3. The Kier molecular flexibility index (Phi) is 2.55. The van der Waals surface area contributed by atoms with Crippen molar-refractivity contribution >= 4 is 11.6 Å². The summed E-state index contributed by atoms with van der Waals surface area (Å²) < 4.78 is 1.94. The molecular weight excluding hydrogens is 252 g/mol. The van der Waals surface area contributed by atoms with Crippen molar-refractivity contribution in [3.8, 4) is 0 Å². The number of carbonyl (C=O) groups excluding carboxylic acids is 1. The summed E-state index contributed by atoms with van der Waals surface area (Å²) in [4.78, 5) is 18.8. The van der Waals surface area contributed by atoms with Crippen LogP contribution in [-0.2, 0) is 17.8 Å². The molecule has 0 radical (unpaired) electrons. The van der Waals surface area contributed by atoms with E-state index >= 15 is 0 Å². The Bertz CT molecular complexity index is 686. The van der Waals surface area contributed by atoms with E-state index in [1.165, 1.54) is 12.1 Å². The number of hydrogen-bond donors (Lipinski definition) is 0. The predicted octanol–water partition coefficient (Wildman–Crippen LogP) is 1.72. The highest BCUT2D eigenvalue weighted by Gasteiger charge is 2.31. The van der Waals surface area contributed by atoms with Crippen LogP contribution in [0.15, 0.2) is 12.3 Å². The van der Waals surface area contributed by atoms with Gasteiger partial charge in [-0.25, -0.2) is 9.50 Å². The number of fused-ring (bicyclic) bond motifs is 3. The Morgan fingerprint density at radius 3 is 3.00 bits per heavy atom. The van der Waals surface area contributed by atoms with E-state index in [2.05, 4.69) is 10.1 Å². The lowest BCUT2D eigenvalue weighted by Gasteiger charge is -2.34. The van der Waals surface area contributed by atoms with Crippen molar-refractivity contribution in [2.45, 2.75) is 39.2 Å². The number of nitrogens with zero attached hydrogens (tertiary/aromatic N) is 4. The SMILES string of the molecule is Cc1cc2ncc3c(n2n1)CCN(C(=O)C1CCC1)C3. The van der Waals surface area contributed by atoms with Crippen LogP contribution in [0.5, 0.6) is 0 Å². The largest absolute Gasteiger partial charge is 0.338 e. The molecule has 0 N–H and O–H groups in total. The van der Waals surface area contributed by atoms with Crippen LogP contribution in [0, 0.1) is 12.8 Å². The summed E-state index contributed by atoms with van der Waals surface area (Å²) in [6, 6.07) is 1.99. The number of carbonyl (C=O) groups is 1. The molecule has 0 saturated heterocycles. The molecule has 1 aliphatic heterocycles. The highest BCUT2D eigenvalue weighted by molar-refractivity contribution is 5.79. The molecule has 1 saturated carbocycles. The Morgan fingerprint density at radius 2 is 2.25 bits per heavy atom. The third kappa shape index (κ3) is 1.72. The van der Waals surface area contributed by atoms with E-state index in [9.17, 15) is 4.79 Å². The summed E-state index contributed by atoms with van der Waals surface area (Å²) in [5.41, 5.74) is 4.24. The molecule has 2 aromatic rings. The van der Waals surface area contributed by atoms with E-state index in [4.69, 9.17) is 0 Å². The summed E-state index contributed by atoms with van der Waals surface area (Å²) in [5, 5.41) is 4.51. The molecule has 0 aromatic carbocycles. The van der Waals surface area contributed by atoms with Crippen molar-refractivity contribution < 1.29 is 4.79 Å². The normalized spacial score (nSPS) is 18.9. The Labute approximate surface area is 117 Å². The third-order valence-corrected chi connectivity index (χ3v) is 4.54. The average Bonchev–Trinajstić information content (AvgIpc) is 2.76. The summed E-state index contributed by atoms with van der Waals surface area (Å²) in [7, 11) is 0. The minimum Gasteiger partial charge on any atom is -0.338 e. The molecule has 0 bridgehead atoms. The lowest BCUT2D eigenvalue weighted by Crippen LogP contribution is -2.42. The van der Waals surface area contributed by atoms with Crippen molar-refractivity contribution in [3.63, 3.8) is 0 Å². The summed E-state index contributed by atoms with van der Waals surface area (Å²) in [5.74, 6) is 0.610. The molecule has 0 spiro atoms. The van der Waals surface area contributed by atoms with Crippen molar-refractivity contribution in [1.29, 1.82) is 0 Å². The first-order valence-corrected chi connectivity index (χ1v) is 7.34. The van der Waals surface area contributed by atoms with Crippen LogP contribution in [-0.4, -0.2) is 31.9 Å². The Morgan fingerprint density at radius 1 is 1.40 bits per heavy atom. The molecular formula is C15H18N4O. The Hall–Kier alpha value is -1.91. The van der Waals surface area contributed by atoms with Crippen molar-refractivity contribution in [2.75, 3.05) is 6.54 Å². The lowest BCUT2D eigenvalue weighted by molar-refractivity contribution is -0.139. The molecule has 3 heterocycles. The van der Waals surface area contributed by atoms with Crippen molar-refractivity contribution in [2.24, 2.45) is 5.92 Å². The van der Waals surface area contributed by atoms with Crippen LogP contribution < -0.4 is 0 Å². The molecule has 1 fully saturated rings. The summed E-state index contributed by atoms with van der Waals surface area (Å²) in [6.07, 6.45) is 6.12. The van der Waals surface area contributed by atoms with Gasteiger partial charge in [-0.05, 0) is 19.8 Å². The van der Waals surface area contributed by atoms with Crippen LogP contribution in [0.4, 0.5) is 0 Å². The van der Waals surface area contributed by atoms with Gasteiger partial charge in [-0.1, -0.05) is 6.42 Å². The molecule has 5 nitrogen and oxygen atoms in total. The number of aryl methyl sites for hydroxylation is 1. The highest BCUT2D eigenvalue weighted by Crippen LogP contribution is 2.30. The topological polar surface area (TPSA) is 50.5 Å². The second kappa shape index (κ2) is 4.30. The second-order valence-electron chi connectivity index (χ2n) is 5.92. The molecule has 0 atom stereocenters. The van der Waals surface area contributed by atoms with Gasteiger partial charge in [-0.3, -0.25) is 4.79 Å². The average molecular weight is 270 g/mol. The smallest absolute Gasteiger partial charge is 0.225 e. The zero-order valence-corrected chi connectivity index (χ0v) is 11.7. The first-order chi connectivity index (χ1) is 9.72. The van der Waals surface area contributed by atoms with Gasteiger partial charge >= 0.3 is 0 Å². The predicted molar refractivity (Wildman–Crippen MR) is 74.2 cm³/mol. The quantitative estimate of drug-likeness (QED) is 0.793. The molecule has 1 aliphatic carbocycles. The van der Waals surface area contributed by atoms with Crippen molar-refractivity contribution in [1.82, 2.24) is 19.5 Å². The third-order valence-electron chi connectivity index (χ3n) is 4.54. The van der Waals surface area contributed by atoms with E-state index in [1.54, 1.807) is 0 Å². The van der Waals surface area contributed by atoms with Crippen LogP contribution in [0.3, 0.4) is 0 Å². The fourth-order valence-corrected chi connectivity index (χ4v) is 3.16. The molecule has 5 heteroatoms. The van der Waals surface area contributed by atoms with Crippen LogP contribution in [0.1, 0.15) is 36.2 Å². The first kappa shape index (κ1) is 11.9. The van der Waals surface area contributed by atoms with E-state index in [0.717, 1.165) is 42.7 Å². The lowest BCUT2D eigenvalue weighted by atomic mass is 9.84. The number of rotatable bonds is 1. The van der Waals surface area contributed by atoms with Crippen LogP contribution >= 0.6 is 0 Å². The van der Waals surface area contributed by atoms with E-state index < -0.39 is 0 Å². The minimum atomic E-state index is 0.278. The summed E-state index contributed by atoms with van der Waals surface area (Å²) in [6.45, 7) is 3.48. The van der Waals surface area contributed by atoms with Gasteiger partial charge < -0.3 is 4.90 Å². The van der Waals surface area contributed by atoms with Gasteiger partial charge in [0.2, 0.25) is 5.91 Å². The highest BCUT2D eigenvalue weighted by atomic mass is 16.2. The zero-order valence-electron chi connectivity index (χ0n) is 11.7.